The van der Waals surface area contributed by atoms with Crippen LogP contribution in [-0.4, -0.2) is 25.8 Å². The van der Waals surface area contributed by atoms with E-state index < -0.39 is 5.97 Å². The molecule has 0 aromatic heterocycles. The van der Waals surface area contributed by atoms with Gasteiger partial charge in [0, 0.05) is 6.61 Å². The van der Waals surface area contributed by atoms with Crippen molar-refractivity contribution in [1.29, 1.82) is 0 Å². The van der Waals surface area contributed by atoms with Crippen LogP contribution in [0.3, 0.4) is 0 Å². The summed E-state index contributed by atoms with van der Waals surface area (Å²) in [5.41, 5.74) is 5.93. The van der Waals surface area contributed by atoms with Crippen molar-refractivity contribution in [2.45, 2.75) is 13.8 Å². The predicted molar refractivity (Wildman–Crippen MR) is 76.8 cm³/mol. The van der Waals surface area contributed by atoms with Gasteiger partial charge in [0.2, 0.25) is 0 Å². The zero-order chi connectivity index (χ0) is 14.4. The van der Waals surface area contributed by atoms with Crippen molar-refractivity contribution in [3.8, 4) is 0 Å². The number of ether oxygens (including phenoxy) is 2. The van der Waals surface area contributed by atoms with Crippen LogP contribution < -0.4 is 5.73 Å². The quantitative estimate of drug-likeness (QED) is 0.497. The number of hydrogen-bond donors (Lipinski definition) is 1. The lowest BCUT2D eigenvalue weighted by molar-refractivity contribution is 0.0279. The Bertz CT molecular complexity index is 450. The smallest absolute Gasteiger partial charge is 0.341 e. The average Bonchev–Trinajstić information content (AvgIpc) is 2.33. The number of nitrogen functional groups attached to an aromatic ring is 1. The van der Waals surface area contributed by atoms with Crippen LogP contribution in [0.1, 0.15) is 24.2 Å². The summed E-state index contributed by atoms with van der Waals surface area (Å²) in [5.74, 6) is -0.160. The minimum atomic E-state index is -0.599. The van der Waals surface area contributed by atoms with E-state index in [2.05, 4.69) is 0 Å². The first-order chi connectivity index (χ1) is 8.93. The average molecular weight is 306 g/mol. The van der Waals surface area contributed by atoms with E-state index in [1.807, 2.05) is 13.8 Å². The molecule has 1 rings (SSSR count). The van der Waals surface area contributed by atoms with Gasteiger partial charge in [0.1, 0.15) is 12.2 Å². The van der Waals surface area contributed by atoms with Crippen LogP contribution in [0.25, 0.3) is 0 Å². The lowest BCUT2D eigenvalue weighted by atomic mass is 10.2. The molecule has 106 valence electrons. The van der Waals surface area contributed by atoms with E-state index in [1.54, 1.807) is 0 Å². The summed E-state index contributed by atoms with van der Waals surface area (Å²) in [6.07, 6.45) is 0. The number of hydrogen-bond acceptors (Lipinski definition) is 4. The number of carbonyl (C=O) groups is 1. The molecule has 0 aliphatic carbocycles. The largest absolute Gasteiger partial charge is 0.460 e. The van der Waals surface area contributed by atoms with E-state index in [9.17, 15) is 4.79 Å². The number of nitrogens with two attached hydrogens (primary N) is 1. The Morgan fingerprint density at radius 1 is 1.26 bits per heavy atom. The van der Waals surface area contributed by atoms with Crippen LogP contribution in [0, 0.1) is 5.92 Å². The third-order valence-electron chi connectivity index (χ3n) is 2.26. The molecule has 0 amide bonds. The van der Waals surface area contributed by atoms with Gasteiger partial charge in [-0.25, -0.2) is 4.79 Å². The number of anilines is 1. The minimum absolute atomic E-state index is 0.0954. The Morgan fingerprint density at radius 3 is 2.53 bits per heavy atom. The maximum absolute atomic E-state index is 11.8. The second kappa shape index (κ2) is 7.58. The highest BCUT2D eigenvalue weighted by molar-refractivity contribution is 6.38. The summed E-state index contributed by atoms with van der Waals surface area (Å²) in [6.45, 7) is 5.18. The first-order valence-electron chi connectivity index (χ1n) is 5.91. The number of carbonyl (C=O) groups excluding carboxylic acids is 1. The Hall–Kier alpha value is -0.970. The molecule has 0 unspecified atom stereocenters. The molecule has 0 aliphatic rings. The lowest BCUT2D eigenvalue weighted by Gasteiger charge is -2.10. The normalized spacial score (nSPS) is 10.8. The van der Waals surface area contributed by atoms with Crippen LogP contribution >= 0.6 is 23.2 Å². The molecule has 0 spiro atoms. The number of halogens is 2. The molecule has 0 radical (unpaired) electrons. The molecule has 0 aliphatic heterocycles. The van der Waals surface area contributed by atoms with Crippen LogP contribution in [0.4, 0.5) is 5.69 Å². The Labute approximate surface area is 122 Å². The van der Waals surface area contributed by atoms with Gasteiger partial charge in [-0.2, -0.15) is 0 Å². The summed E-state index contributed by atoms with van der Waals surface area (Å²) in [5, 5.41) is 0.488. The van der Waals surface area contributed by atoms with E-state index in [0.717, 1.165) is 0 Å². The number of esters is 1. The summed E-state index contributed by atoms with van der Waals surface area (Å²) in [6, 6.07) is 3.04. The molecule has 0 heterocycles. The van der Waals surface area contributed by atoms with Crippen molar-refractivity contribution in [2.24, 2.45) is 5.92 Å². The molecule has 0 fully saturated rings. The molecule has 19 heavy (non-hydrogen) atoms. The molecule has 6 heteroatoms. The Morgan fingerprint density at radius 2 is 1.89 bits per heavy atom. The van der Waals surface area contributed by atoms with Gasteiger partial charge in [-0.1, -0.05) is 37.0 Å². The zero-order valence-electron chi connectivity index (χ0n) is 10.9. The number of benzene rings is 1. The molecular weight excluding hydrogens is 289 g/mol. The second-order valence-electron chi connectivity index (χ2n) is 4.42. The van der Waals surface area contributed by atoms with Gasteiger partial charge in [0.05, 0.1) is 22.3 Å². The highest BCUT2D eigenvalue weighted by Crippen LogP contribution is 2.29. The molecule has 0 saturated carbocycles. The molecule has 0 atom stereocenters. The van der Waals surface area contributed by atoms with Crippen molar-refractivity contribution >= 4 is 34.9 Å². The van der Waals surface area contributed by atoms with Gasteiger partial charge in [-0.05, 0) is 18.1 Å². The summed E-state index contributed by atoms with van der Waals surface area (Å²) >= 11 is 11.7. The zero-order valence-corrected chi connectivity index (χ0v) is 12.4. The molecule has 1 aromatic rings. The first kappa shape index (κ1) is 16.1. The maximum atomic E-state index is 11.8. The van der Waals surface area contributed by atoms with Gasteiger partial charge in [0.15, 0.2) is 0 Å². The Kier molecular flexibility index (Phi) is 6.42. The van der Waals surface area contributed by atoms with Gasteiger partial charge >= 0.3 is 5.97 Å². The second-order valence-corrected chi connectivity index (χ2v) is 5.24. The van der Waals surface area contributed by atoms with Crippen LogP contribution in [-0.2, 0) is 9.47 Å². The fourth-order valence-electron chi connectivity index (χ4n) is 1.36. The third kappa shape index (κ3) is 4.90. The fourth-order valence-corrected chi connectivity index (χ4v) is 1.76. The van der Waals surface area contributed by atoms with Crippen molar-refractivity contribution in [1.82, 2.24) is 0 Å². The SMILES string of the molecule is CC(C)COCCOC(=O)c1c(Cl)ccc(Cl)c1N. The van der Waals surface area contributed by atoms with Gasteiger partial charge < -0.3 is 15.2 Å². The first-order valence-corrected chi connectivity index (χ1v) is 6.67. The maximum Gasteiger partial charge on any atom is 0.341 e. The molecular formula is C13H17Cl2NO3. The van der Waals surface area contributed by atoms with Crippen molar-refractivity contribution in [3.05, 3.63) is 27.7 Å². The number of rotatable bonds is 6. The van der Waals surface area contributed by atoms with E-state index in [-0.39, 0.29) is 27.9 Å². The fraction of sp³-hybridized carbons (Fsp3) is 0.462. The predicted octanol–water partition coefficient (Wildman–Crippen LogP) is 3.41. The van der Waals surface area contributed by atoms with Crippen LogP contribution in [0.2, 0.25) is 10.0 Å². The molecule has 1 aromatic carbocycles. The van der Waals surface area contributed by atoms with Crippen molar-refractivity contribution in [3.63, 3.8) is 0 Å². The van der Waals surface area contributed by atoms with Gasteiger partial charge in [-0.3, -0.25) is 0 Å². The van der Waals surface area contributed by atoms with Crippen LogP contribution in [0.5, 0.6) is 0 Å². The minimum Gasteiger partial charge on any atom is -0.460 e. The summed E-state index contributed by atoms with van der Waals surface area (Å²) < 4.78 is 10.3. The van der Waals surface area contributed by atoms with Crippen LogP contribution in [0.15, 0.2) is 12.1 Å². The molecule has 0 bridgehead atoms. The Balaban J connectivity index is 2.53. The summed E-state index contributed by atoms with van der Waals surface area (Å²) in [7, 11) is 0. The van der Waals surface area contributed by atoms with E-state index in [0.29, 0.717) is 19.1 Å². The molecule has 0 saturated heterocycles. The highest BCUT2D eigenvalue weighted by Gasteiger charge is 2.17. The molecule has 4 nitrogen and oxygen atoms in total. The lowest BCUT2D eigenvalue weighted by Crippen LogP contribution is -2.14. The molecule has 2 N–H and O–H groups in total. The van der Waals surface area contributed by atoms with E-state index in [1.165, 1.54) is 12.1 Å². The van der Waals surface area contributed by atoms with Gasteiger partial charge in [-0.15, -0.1) is 0 Å². The topological polar surface area (TPSA) is 61.5 Å². The van der Waals surface area contributed by atoms with Crippen molar-refractivity contribution in [2.75, 3.05) is 25.6 Å². The van der Waals surface area contributed by atoms with E-state index in [4.69, 9.17) is 38.4 Å². The summed E-state index contributed by atoms with van der Waals surface area (Å²) in [4.78, 5) is 11.8. The standard InChI is InChI=1S/C13H17Cl2NO3/c1-8(2)7-18-5-6-19-13(17)11-9(14)3-4-10(15)12(11)16/h3-4,8H,5-7,16H2,1-2H3. The van der Waals surface area contributed by atoms with E-state index >= 15 is 0 Å². The van der Waals surface area contributed by atoms with Gasteiger partial charge in [0.25, 0.3) is 0 Å². The highest BCUT2D eigenvalue weighted by atomic mass is 35.5. The third-order valence-corrected chi connectivity index (χ3v) is 2.90. The monoisotopic (exact) mass is 305 g/mol. The van der Waals surface area contributed by atoms with Crippen molar-refractivity contribution < 1.29 is 14.3 Å².